The van der Waals surface area contributed by atoms with Crippen LogP contribution in [0.1, 0.15) is 23.2 Å². The maximum atomic E-state index is 11.8. The van der Waals surface area contributed by atoms with E-state index in [0.717, 1.165) is 12.8 Å². The van der Waals surface area contributed by atoms with Crippen LogP contribution in [0.5, 0.6) is 5.75 Å². The number of benzene rings is 1. The number of alkyl halides is 1. The van der Waals surface area contributed by atoms with E-state index in [0.29, 0.717) is 10.9 Å². The maximum Gasteiger partial charge on any atom is 0.255 e. The summed E-state index contributed by atoms with van der Waals surface area (Å²) in [6, 6.07) is 4.41. The van der Waals surface area contributed by atoms with Gasteiger partial charge in [0.1, 0.15) is 5.75 Å². The summed E-state index contributed by atoms with van der Waals surface area (Å²) in [5, 5.41) is 12.8. The van der Waals surface area contributed by atoms with Crippen molar-refractivity contribution in [3.05, 3.63) is 28.8 Å². The average molecular weight is 260 g/mol. The highest BCUT2D eigenvalue weighted by Gasteiger charge is 2.43. The van der Waals surface area contributed by atoms with Gasteiger partial charge in [0, 0.05) is 10.9 Å². The molecule has 2 N–H and O–H groups in total. The molecule has 0 bridgehead atoms. The van der Waals surface area contributed by atoms with Gasteiger partial charge in [-0.1, -0.05) is 11.6 Å². The van der Waals surface area contributed by atoms with Crippen molar-refractivity contribution < 1.29 is 9.90 Å². The number of nitrogens with one attached hydrogen (secondary N) is 1. The molecule has 16 heavy (non-hydrogen) atoms. The number of hydrogen-bond acceptors (Lipinski definition) is 2. The second-order valence-electron chi connectivity index (χ2n) is 4.03. The molecule has 1 aromatic rings. The lowest BCUT2D eigenvalue weighted by molar-refractivity contribution is 0.0933. The number of amides is 1. The van der Waals surface area contributed by atoms with Gasteiger partial charge in [0.25, 0.3) is 5.91 Å². The summed E-state index contributed by atoms with van der Waals surface area (Å²) in [6.45, 7) is 0. The van der Waals surface area contributed by atoms with Gasteiger partial charge in [-0.3, -0.25) is 4.79 Å². The van der Waals surface area contributed by atoms with Gasteiger partial charge in [-0.15, -0.1) is 11.6 Å². The number of carbonyl (C=O) groups is 1. The standard InChI is InChI=1S/C11H11Cl2NO2/c12-6-11(3-4-11)14-10(16)8-2-1-7(13)5-9(8)15/h1-2,5,15H,3-4,6H2,(H,14,16). The first kappa shape index (κ1) is 11.6. The van der Waals surface area contributed by atoms with E-state index in [-0.39, 0.29) is 22.8 Å². The summed E-state index contributed by atoms with van der Waals surface area (Å²) in [5.74, 6) is -0.0321. The molecule has 0 atom stereocenters. The van der Waals surface area contributed by atoms with Crippen molar-refractivity contribution in [2.24, 2.45) is 0 Å². The van der Waals surface area contributed by atoms with Crippen LogP contribution < -0.4 is 5.32 Å². The first-order chi connectivity index (χ1) is 7.56. The molecule has 1 aromatic carbocycles. The van der Waals surface area contributed by atoms with Gasteiger partial charge >= 0.3 is 0 Å². The molecular formula is C11H11Cl2NO2. The Morgan fingerprint density at radius 2 is 2.19 bits per heavy atom. The number of hydrogen-bond donors (Lipinski definition) is 2. The fourth-order valence-corrected chi connectivity index (χ4v) is 1.95. The van der Waals surface area contributed by atoms with Gasteiger partial charge in [0.05, 0.1) is 11.1 Å². The van der Waals surface area contributed by atoms with E-state index in [2.05, 4.69) is 5.32 Å². The van der Waals surface area contributed by atoms with Gasteiger partial charge in [-0.05, 0) is 31.0 Å². The van der Waals surface area contributed by atoms with E-state index >= 15 is 0 Å². The number of aromatic hydroxyl groups is 1. The zero-order valence-corrected chi connectivity index (χ0v) is 9.98. The molecule has 1 saturated carbocycles. The maximum absolute atomic E-state index is 11.8. The van der Waals surface area contributed by atoms with Crippen LogP contribution >= 0.6 is 23.2 Å². The summed E-state index contributed by atoms with van der Waals surface area (Å²) < 4.78 is 0. The molecule has 3 nitrogen and oxygen atoms in total. The van der Waals surface area contributed by atoms with E-state index in [4.69, 9.17) is 23.2 Å². The van der Waals surface area contributed by atoms with E-state index in [1.807, 2.05) is 0 Å². The Hall–Kier alpha value is -0.930. The molecule has 86 valence electrons. The molecule has 1 aliphatic rings. The minimum absolute atomic E-state index is 0.115. The Balaban J connectivity index is 2.15. The molecule has 0 aliphatic heterocycles. The lowest BCUT2D eigenvalue weighted by Gasteiger charge is -2.14. The highest BCUT2D eigenvalue weighted by Crippen LogP contribution is 2.37. The number of rotatable bonds is 3. The van der Waals surface area contributed by atoms with Crippen LogP contribution in [-0.4, -0.2) is 22.4 Å². The van der Waals surface area contributed by atoms with Crippen LogP contribution in [0.15, 0.2) is 18.2 Å². The Labute approximate surface area is 103 Å². The van der Waals surface area contributed by atoms with Crippen LogP contribution in [0.4, 0.5) is 0 Å². The highest BCUT2D eigenvalue weighted by atomic mass is 35.5. The Morgan fingerprint density at radius 1 is 1.50 bits per heavy atom. The number of phenolic OH excluding ortho intramolecular Hbond substituents is 1. The molecule has 1 fully saturated rings. The first-order valence-electron chi connectivity index (χ1n) is 4.93. The van der Waals surface area contributed by atoms with Crippen molar-refractivity contribution >= 4 is 29.1 Å². The van der Waals surface area contributed by atoms with E-state index in [1.54, 1.807) is 6.07 Å². The summed E-state index contributed by atoms with van der Waals surface area (Å²) >= 11 is 11.4. The predicted molar refractivity (Wildman–Crippen MR) is 63.3 cm³/mol. The van der Waals surface area contributed by atoms with E-state index in [1.165, 1.54) is 12.1 Å². The topological polar surface area (TPSA) is 49.3 Å². The molecule has 0 unspecified atom stereocenters. The molecular weight excluding hydrogens is 249 g/mol. The average Bonchev–Trinajstić information content (AvgIpc) is 2.98. The number of halogens is 2. The van der Waals surface area contributed by atoms with Gasteiger partial charge in [0.2, 0.25) is 0 Å². The highest BCUT2D eigenvalue weighted by molar-refractivity contribution is 6.30. The van der Waals surface area contributed by atoms with Crippen molar-refractivity contribution in [2.75, 3.05) is 5.88 Å². The normalized spacial score (nSPS) is 16.9. The van der Waals surface area contributed by atoms with Crippen molar-refractivity contribution in [1.82, 2.24) is 5.32 Å². The molecule has 0 heterocycles. The third-order valence-corrected chi connectivity index (χ3v) is 3.44. The third-order valence-electron chi connectivity index (χ3n) is 2.69. The van der Waals surface area contributed by atoms with Gasteiger partial charge in [-0.2, -0.15) is 0 Å². The fourth-order valence-electron chi connectivity index (χ4n) is 1.45. The first-order valence-corrected chi connectivity index (χ1v) is 5.85. The summed E-state index contributed by atoms with van der Waals surface area (Å²) in [6.07, 6.45) is 1.77. The van der Waals surface area contributed by atoms with Crippen LogP contribution in [0.2, 0.25) is 5.02 Å². The Bertz CT molecular complexity index is 430. The lowest BCUT2D eigenvalue weighted by Crippen LogP contribution is -2.38. The summed E-state index contributed by atoms with van der Waals surface area (Å²) in [4.78, 5) is 11.8. The zero-order valence-electron chi connectivity index (χ0n) is 8.46. The van der Waals surface area contributed by atoms with Crippen molar-refractivity contribution in [3.63, 3.8) is 0 Å². The molecule has 0 spiro atoms. The molecule has 0 radical (unpaired) electrons. The van der Waals surface area contributed by atoms with E-state index < -0.39 is 0 Å². The van der Waals surface area contributed by atoms with E-state index in [9.17, 15) is 9.90 Å². The second kappa shape index (κ2) is 4.15. The zero-order chi connectivity index (χ0) is 11.8. The van der Waals surface area contributed by atoms with Crippen LogP contribution in [0.25, 0.3) is 0 Å². The molecule has 2 rings (SSSR count). The lowest BCUT2D eigenvalue weighted by atomic mass is 10.1. The van der Waals surface area contributed by atoms with Gasteiger partial charge in [-0.25, -0.2) is 0 Å². The Morgan fingerprint density at radius 3 is 2.69 bits per heavy atom. The Kier molecular flexibility index (Phi) is 3.00. The SMILES string of the molecule is O=C(NC1(CCl)CC1)c1ccc(Cl)cc1O. The van der Waals surface area contributed by atoms with Crippen LogP contribution in [-0.2, 0) is 0 Å². The quantitative estimate of drug-likeness (QED) is 0.820. The van der Waals surface area contributed by atoms with Gasteiger partial charge in [0.15, 0.2) is 0 Å². The molecule has 0 saturated heterocycles. The van der Waals surface area contributed by atoms with Crippen LogP contribution in [0, 0.1) is 0 Å². The van der Waals surface area contributed by atoms with Crippen molar-refractivity contribution in [1.29, 1.82) is 0 Å². The van der Waals surface area contributed by atoms with Crippen molar-refractivity contribution in [3.8, 4) is 5.75 Å². The smallest absolute Gasteiger partial charge is 0.255 e. The van der Waals surface area contributed by atoms with Crippen LogP contribution in [0.3, 0.4) is 0 Å². The number of carbonyl (C=O) groups excluding carboxylic acids is 1. The van der Waals surface area contributed by atoms with Gasteiger partial charge < -0.3 is 10.4 Å². The summed E-state index contributed by atoms with van der Waals surface area (Å²) in [7, 11) is 0. The second-order valence-corrected chi connectivity index (χ2v) is 4.73. The largest absolute Gasteiger partial charge is 0.507 e. The minimum atomic E-state index is -0.313. The predicted octanol–water partition coefficient (Wildman–Crippen LogP) is 2.55. The third kappa shape index (κ3) is 2.25. The minimum Gasteiger partial charge on any atom is -0.507 e. The number of phenols is 1. The monoisotopic (exact) mass is 259 g/mol. The fraction of sp³-hybridized carbons (Fsp3) is 0.364. The molecule has 1 amide bonds. The molecule has 1 aliphatic carbocycles. The van der Waals surface area contributed by atoms with Crippen molar-refractivity contribution in [2.45, 2.75) is 18.4 Å². The molecule has 0 aromatic heterocycles. The molecule has 5 heteroatoms. The summed E-state index contributed by atoms with van der Waals surface area (Å²) in [5.41, 5.74) is -0.0501.